The molecule has 1 aromatic rings. The van der Waals surface area contributed by atoms with Crippen LogP contribution in [0.5, 0.6) is 0 Å². The number of carbonyl (C=O) groups excluding carboxylic acids is 4. The molecule has 15 nitrogen and oxygen atoms in total. The lowest BCUT2D eigenvalue weighted by Crippen LogP contribution is -2.70. The summed E-state index contributed by atoms with van der Waals surface area (Å²) >= 11 is 0. The predicted octanol–water partition coefficient (Wildman–Crippen LogP) is 8.13. The third-order valence-electron chi connectivity index (χ3n) is 19.5. The Hall–Kier alpha value is -3.60. The van der Waals surface area contributed by atoms with Crippen molar-refractivity contribution in [1.29, 1.82) is 0 Å². The van der Waals surface area contributed by atoms with E-state index in [1.54, 1.807) is 0 Å². The highest BCUT2D eigenvalue weighted by Crippen LogP contribution is 2.76. The van der Waals surface area contributed by atoms with E-state index in [1.807, 2.05) is 27.7 Å². The van der Waals surface area contributed by atoms with E-state index in [-0.39, 0.29) is 83.0 Å². The van der Waals surface area contributed by atoms with E-state index in [0.717, 1.165) is 43.3 Å². The number of aliphatic carboxylic acids is 1. The van der Waals surface area contributed by atoms with Gasteiger partial charge in [0.2, 0.25) is 5.91 Å². The van der Waals surface area contributed by atoms with Gasteiger partial charge in [-0.15, -0.1) is 0 Å². The number of carboxylic acids is 1. The number of halogens is 3. The number of phosphoric acid groups is 1. The molecule has 5 N–H and O–H groups in total. The fourth-order valence-corrected chi connectivity index (χ4v) is 15.7. The van der Waals surface area contributed by atoms with E-state index in [0.29, 0.717) is 42.3 Å². The number of nitrogens with zero attached hydrogens (tertiary/aromatic N) is 2. The largest absolute Gasteiger partial charge is 0.481 e. The van der Waals surface area contributed by atoms with Crippen molar-refractivity contribution in [2.45, 2.75) is 176 Å². The Labute approximate surface area is 389 Å². The summed E-state index contributed by atoms with van der Waals surface area (Å²) in [5.41, 5.74) is -4.63. The number of ether oxygens (including phenoxy) is 1. The maximum atomic E-state index is 14.8. The number of rotatable bonds is 11. The van der Waals surface area contributed by atoms with Crippen molar-refractivity contribution in [1.82, 2.24) is 20.4 Å². The van der Waals surface area contributed by atoms with Gasteiger partial charge < -0.3 is 30.3 Å². The number of ketones is 1. The summed E-state index contributed by atoms with van der Waals surface area (Å²) in [6.45, 7) is 18.2. The van der Waals surface area contributed by atoms with Crippen LogP contribution in [0.4, 0.5) is 13.2 Å². The Balaban J connectivity index is 1.04. The van der Waals surface area contributed by atoms with E-state index in [1.165, 1.54) is 0 Å². The molecule has 7 aliphatic rings. The molecule has 0 saturated heterocycles. The number of allylic oxidation sites excluding steroid dienone is 1. The molecule has 0 spiro atoms. The van der Waals surface area contributed by atoms with Crippen LogP contribution in [0.2, 0.25) is 0 Å². The number of hydrogen-bond acceptors (Lipinski definition) is 9. The molecule has 8 rings (SSSR count). The number of amides is 2. The molecule has 0 aliphatic heterocycles. The minimum Gasteiger partial charge on any atom is -0.481 e. The zero-order chi connectivity index (χ0) is 49.5. The summed E-state index contributed by atoms with van der Waals surface area (Å²) in [5.74, 6) is -3.56. The summed E-state index contributed by atoms with van der Waals surface area (Å²) < 4.78 is 63.9. The van der Waals surface area contributed by atoms with Gasteiger partial charge in [-0.05, 0) is 134 Å². The highest BCUT2D eigenvalue weighted by Gasteiger charge is 2.71. The lowest BCUT2D eigenvalue weighted by Gasteiger charge is -2.72. The van der Waals surface area contributed by atoms with Crippen molar-refractivity contribution < 1.29 is 65.9 Å². The molecular weight excluding hydrogens is 897 g/mol. The van der Waals surface area contributed by atoms with Gasteiger partial charge in [-0.25, -0.2) is 9.25 Å². The summed E-state index contributed by atoms with van der Waals surface area (Å²) in [5, 5.41) is 19.0. The lowest BCUT2D eigenvalue weighted by atomic mass is 9.33. The van der Waals surface area contributed by atoms with Gasteiger partial charge in [-0.3, -0.25) is 28.5 Å². The van der Waals surface area contributed by atoms with Gasteiger partial charge in [0, 0.05) is 17.9 Å². The van der Waals surface area contributed by atoms with Crippen molar-refractivity contribution in [3.05, 3.63) is 28.6 Å². The molecule has 372 valence electrons. The fourth-order valence-electron chi connectivity index (χ4n) is 15.4. The molecule has 1 heterocycles. The Bertz CT molecular complexity index is 2350. The molecule has 2 amide bonds. The van der Waals surface area contributed by atoms with Crippen LogP contribution >= 0.6 is 7.82 Å². The number of carboxylic acid groups (broad SMARTS) is 1. The standard InChI is InChI=1S/C48H68F3N4O11P/c1-25(2)35-30(56)23-47(53-40(61)46(15-10-16-46)52-37(57)29-22-33(48(49,50)51)54-55(29)24-65-67(62,63)64)20-19-44(8)26(36(35)47)11-12-32-43(7)17-14-34(42(5,6)31(43)13-18-45(32,44)9)66-39(60)28-21-27(38(58)59)41(28,3)4/h22,25-28,31-32,34H,10-21,23-24H2,1-9H3,(H,52,57)(H,53,61)(H,58,59)(H2,62,63,64)/t26-,27+,28-,31+,32-,34+,43+,44-,45-,47-/m1/s1. The summed E-state index contributed by atoms with van der Waals surface area (Å²) in [7, 11) is -5.17. The average Bonchev–Trinajstić information content (AvgIpc) is 3.75. The number of nitrogens with one attached hydrogen (secondary N) is 2. The van der Waals surface area contributed by atoms with E-state index in [2.05, 4.69) is 54.9 Å². The highest BCUT2D eigenvalue weighted by atomic mass is 31.2. The lowest BCUT2D eigenvalue weighted by molar-refractivity contribution is -0.235. The predicted molar refractivity (Wildman–Crippen MR) is 235 cm³/mol. The van der Waals surface area contributed by atoms with Crippen molar-refractivity contribution >= 4 is 37.4 Å². The van der Waals surface area contributed by atoms with E-state index >= 15 is 0 Å². The second-order valence-electron chi connectivity index (χ2n) is 23.6. The van der Waals surface area contributed by atoms with Crippen LogP contribution < -0.4 is 10.6 Å². The number of hydrogen-bond donors (Lipinski definition) is 5. The molecule has 0 aromatic carbocycles. The van der Waals surface area contributed by atoms with Crippen LogP contribution in [0.3, 0.4) is 0 Å². The Kier molecular flexibility index (Phi) is 11.9. The molecular formula is C48H68F3N4O11P. The second-order valence-corrected chi connectivity index (χ2v) is 24.8. The second kappa shape index (κ2) is 16.0. The molecule has 0 bridgehead atoms. The van der Waals surface area contributed by atoms with Crippen LogP contribution in [0.25, 0.3) is 0 Å². The third kappa shape index (κ3) is 7.66. The SMILES string of the molecule is CC(C)C1=C2[C@H]3CC[C@@H]4[C@@]5(C)CC[C@H](OC(=O)[C@H]6C[C@@H](C(=O)O)C6(C)C)C(C)(C)[C@@H]5CC[C@@]4(C)[C@]3(C)CC[C@@]2(NC(=O)C2(NC(=O)c3cc(C(F)(F)F)nn3COP(=O)(O)O)CCC2)CC1=O. The first kappa shape index (κ1) is 49.8. The molecule has 19 heteroatoms. The highest BCUT2D eigenvalue weighted by molar-refractivity contribution is 7.46. The molecule has 0 radical (unpaired) electrons. The minimum absolute atomic E-state index is 0.0313. The van der Waals surface area contributed by atoms with Crippen LogP contribution in [0, 0.1) is 62.6 Å². The summed E-state index contributed by atoms with van der Waals surface area (Å²) in [6, 6.07) is 0.441. The van der Waals surface area contributed by atoms with E-state index in [9.17, 15) is 56.6 Å². The summed E-state index contributed by atoms with van der Waals surface area (Å²) in [6.07, 6.45) is 2.18. The maximum Gasteiger partial charge on any atom is 0.471 e. The third-order valence-corrected chi connectivity index (χ3v) is 19.9. The first-order valence-electron chi connectivity index (χ1n) is 24.0. The van der Waals surface area contributed by atoms with Gasteiger partial charge in [0.05, 0.1) is 17.4 Å². The number of Topliss-reactive ketones (excluding diaryl/α,β-unsaturated/α-hetero) is 1. The van der Waals surface area contributed by atoms with Gasteiger partial charge in [0.1, 0.15) is 17.3 Å². The molecule has 7 aliphatic carbocycles. The quantitative estimate of drug-likeness (QED) is 0.105. The Morgan fingerprint density at radius 3 is 2.12 bits per heavy atom. The van der Waals surface area contributed by atoms with Gasteiger partial charge in [0.15, 0.2) is 18.2 Å². The van der Waals surface area contributed by atoms with Gasteiger partial charge in [0.25, 0.3) is 5.91 Å². The van der Waals surface area contributed by atoms with Crippen LogP contribution in [0.15, 0.2) is 17.2 Å². The Morgan fingerprint density at radius 1 is 0.881 bits per heavy atom. The van der Waals surface area contributed by atoms with Crippen molar-refractivity contribution in [3.8, 4) is 0 Å². The minimum atomic E-state index is -5.17. The zero-order valence-electron chi connectivity index (χ0n) is 40.1. The molecule has 6 saturated carbocycles. The number of esters is 1. The molecule has 6 fully saturated rings. The number of phosphoric ester groups is 1. The van der Waals surface area contributed by atoms with Gasteiger partial charge in [-0.2, -0.15) is 18.3 Å². The molecule has 67 heavy (non-hydrogen) atoms. The van der Waals surface area contributed by atoms with E-state index < -0.39 is 78.2 Å². The van der Waals surface area contributed by atoms with Crippen LogP contribution in [-0.4, -0.2) is 71.4 Å². The van der Waals surface area contributed by atoms with Crippen molar-refractivity contribution in [2.24, 2.45) is 62.6 Å². The summed E-state index contributed by atoms with van der Waals surface area (Å²) in [4.78, 5) is 86.9. The van der Waals surface area contributed by atoms with Crippen molar-refractivity contribution in [3.63, 3.8) is 0 Å². The number of fused-ring (bicyclic) bond motifs is 7. The maximum absolute atomic E-state index is 14.8. The smallest absolute Gasteiger partial charge is 0.471 e. The Morgan fingerprint density at radius 2 is 1.55 bits per heavy atom. The first-order valence-corrected chi connectivity index (χ1v) is 25.5. The van der Waals surface area contributed by atoms with Crippen LogP contribution in [0.1, 0.15) is 162 Å². The van der Waals surface area contributed by atoms with Crippen molar-refractivity contribution in [2.75, 3.05) is 0 Å². The zero-order valence-corrected chi connectivity index (χ0v) is 41.0. The topological polar surface area (TPSA) is 223 Å². The van der Waals surface area contributed by atoms with Gasteiger partial charge >= 0.3 is 25.9 Å². The first-order chi connectivity index (χ1) is 30.8. The normalized spacial score (nSPS) is 37.2. The van der Waals surface area contributed by atoms with E-state index in [4.69, 9.17) is 4.74 Å². The number of aromatic nitrogens is 2. The number of alkyl halides is 3. The average molecular weight is 965 g/mol. The van der Waals surface area contributed by atoms with Crippen LogP contribution in [-0.2, 0) is 45.9 Å². The number of carbonyl (C=O) groups is 5. The van der Waals surface area contributed by atoms with Gasteiger partial charge in [-0.1, -0.05) is 62.3 Å². The molecule has 0 unspecified atom stereocenters. The molecule has 10 atom stereocenters. The monoisotopic (exact) mass is 964 g/mol. The molecule has 1 aromatic heterocycles. The fraction of sp³-hybridized carbons (Fsp3) is 0.792.